The first-order valence-corrected chi connectivity index (χ1v) is 7.09. The van der Waals surface area contributed by atoms with E-state index in [0.717, 1.165) is 24.3 Å². The number of hydrogen-bond donors (Lipinski definition) is 1. The highest BCUT2D eigenvalue weighted by molar-refractivity contribution is 5.76. The molecule has 0 aliphatic heterocycles. The number of rotatable bonds is 5. The number of imidazole rings is 1. The minimum Gasteiger partial charge on any atom is -0.331 e. The van der Waals surface area contributed by atoms with Gasteiger partial charge in [0.05, 0.1) is 11.0 Å². The molecule has 2 rings (SSSR count). The molecule has 0 aliphatic rings. The summed E-state index contributed by atoms with van der Waals surface area (Å²) in [6.07, 6.45) is 1.12. The fraction of sp³-hybridized carbons (Fsp3) is 0.562. The monoisotopic (exact) mass is 259 g/mol. The maximum absolute atomic E-state index is 4.62. The minimum absolute atomic E-state index is 0.673. The highest BCUT2D eigenvalue weighted by Gasteiger charge is 2.14. The minimum atomic E-state index is 0.673. The van der Waals surface area contributed by atoms with Crippen molar-refractivity contribution in [2.75, 3.05) is 13.6 Å². The lowest BCUT2D eigenvalue weighted by molar-refractivity contribution is 0.370. The van der Waals surface area contributed by atoms with Crippen LogP contribution >= 0.6 is 0 Å². The first kappa shape index (κ1) is 14.1. The summed E-state index contributed by atoms with van der Waals surface area (Å²) in [4.78, 5) is 4.62. The summed E-state index contributed by atoms with van der Waals surface area (Å²) in [5.74, 6) is 2.43. The van der Waals surface area contributed by atoms with Crippen molar-refractivity contribution in [3.8, 4) is 0 Å². The zero-order valence-corrected chi connectivity index (χ0v) is 12.7. The Morgan fingerprint density at radius 3 is 2.68 bits per heavy atom. The van der Waals surface area contributed by atoms with Crippen LogP contribution in [-0.4, -0.2) is 23.1 Å². The molecule has 19 heavy (non-hydrogen) atoms. The number of nitrogens with zero attached hydrogens (tertiary/aromatic N) is 2. The average molecular weight is 259 g/mol. The van der Waals surface area contributed by atoms with Crippen molar-refractivity contribution in [3.63, 3.8) is 0 Å². The lowest BCUT2D eigenvalue weighted by Gasteiger charge is -2.20. The molecule has 0 amide bonds. The summed E-state index contributed by atoms with van der Waals surface area (Å²) < 4.78 is 2.15. The van der Waals surface area contributed by atoms with Gasteiger partial charge in [0.15, 0.2) is 0 Å². The average Bonchev–Trinajstić information content (AvgIpc) is 2.64. The number of nitrogens with one attached hydrogen (secondary N) is 1. The van der Waals surface area contributed by atoms with Crippen molar-refractivity contribution >= 4 is 11.0 Å². The SMILES string of the molecule is CNCC(Cc1ccc2c(c1)nc(C)n2C)C(C)C. The molecule has 0 spiro atoms. The Bertz CT molecular complexity index is 554. The fourth-order valence-corrected chi connectivity index (χ4v) is 2.60. The van der Waals surface area contributed by atoms with Crippen LogP contribution in [0.2, 0.25) is 0 Å². The Labute approximate surface area is 116 Å². The molecule has 0 saturated heterocycles. The molecule has 3 heteroatoms. The highest BCUT2D eigenvalue weighted by Crippen LogP contribution is 2.21. The normalized spacial score (nSPS) is 13.4. The predicted molar refractivity (Wildman–Crippen MR) is 81.4 cm³/mol. The molecule has 0 saturated carbocycles. The molecule has 1 aromatic heterocycles. The van der Waals surface area contributed by atoms with Crippen molar-refractivity contribution in [1.82, 2.24) is 14.9 Å². The van der Waals surface area contributed by atoms with Gasteiger partial charge in [-0.2, -0.15) is 0 Å². The van der Waals surface area contributed by atoms with Gasteiger partial charge < -0.3 is 9.88 Å². The molecule has 3 nitrogen and oxygen atoms in total. The van der Waals surface area contributed by atoms with Crippen LogP contribution in [0, 0.1) is 18.8 Å². The highest BCUT2D eigenvalue weighted by atomic mass is 15.0. The molecular weight excluding hydrogens is 234 g/mol. The van der Waals surface area contributed by atoms with Crippen molar-refractivity contribution in [2.24, 2.45) is 18.9 Å². The second-order valence-electron chi connectivity index (χ2n) is 5.81. The number of hydrogen-bond acceptors (Lipinski definition) is 2. The second kappa shape index (κ2) is 5.74. The Morgan fingerprint density at radius 1 is 1.32 bits per heavy atom. The molecule has 0 aliphatic carbocycles. The van der Waals surface area contributed by atoms with E-state index >= 15 is 0 Å². The number of benzene rings is 1. The third kappa shape index (κ3) is 2.98. The summed E-state index contributed by atoms with van der Waals surface area (Å²) in [6.45, 7) is 7.71. The Hall–Kier alpha value is -1.35. The number of aryl methyl sites for hydroxylation is 2. The van der Waals surface area contributed by atoms with Crippen LogP contribution in [-0.2, 0) is 13.5 Å². The molecule has 1 atom stereocenters. The van der Waals surface area contributed by atoms with Crippen LogP contribution in [0.15, 0.2) is 18.2 Å². The lowest BCUT2D eigenvalue weighted by atomic mass is 9.89. The molecule has 0 radical (unpaired) electrons. The van der Waals surface area contributed by atoms with E-state index in [1.807, 2.05) is 7.05 Å². The van der Waals surface area contributed by atoms with E-state index in [1.54, 1.807) is 0 Å². The quantitative estimate of drug-likeness (QED) is 0.894. The van der Waals surface area contributed by atoms with Gasteiger partial charge in [-0.1, -0.05) is 19.9 Å². The third-order valence-electron chi connectivity index (χ3n) is 4.08. The summed E-state index contributed by atoms with van der Waals surface area (Å²) >= 11 is 0. The van der Waals surface area contributed by atoms with E-state index in [1.165, 1.54) is 11.1 Å². The van der Waals surface area contributed by atoms with Crippen molar-refractivity contribution in [1.29, 1.82) is 0 Å². The van der Waals surface area contributed by atoms with E-state index < -0.39 is 0 Å². The van der Waals surface area contributed by atoms with Crippen LogP contribution in [0.25, 0.3) is 11.0 Å². The summed E-state index contributed by atoms with van der Waals surface area (Å²) in [5, 5.41) is 3.30. The van der Waals surface area contributed by atoms with Crippen LogP contribution in [0.4, 0.5) is 0 Å². The molecule has 0 fully saturated rings. The van der Waals surface area contributed by atoms with Gasteiger partial charge in [-0.25, -0.2) is 4.98 Å². The standard InChI is InChI=1S/C16H25N3/c1-11(2)14(10-17-4)8-13-6-7-16-15(9-13)18-12(3)19(16)5/h6-7,9,11,14,17H,8,10H2,1-5H3. The zero-order chi connectivity index (χ0) is 14.0. The molecule has 1 N–H and O–H groups in total. The largest absolute Gasteiger partial charge is 0.331 e. The maximum atomic E-state index is 4.62. The van der Waals surface area contributed by atoms with E-state index in [4.69, 9.17) is 0 Å². The van der Waals surface area contributed by atoms with Gasteiger partial charge in [-0.05, 0) is 56.5 Å². The molecular formula is C16H25N3. The fourth-order valence-electron chi connectivity index (χ4n) is 2.60. The van der Waals surface area contributed by atoms with Crippen LogP contribution < -0.4 is 5.32 Å². The lowest BCUT2D eigenvalue weighted by Crippen LogP contribution is -2.25. The van der Waals surface area contributed by atoms with E-state index in [-0.39, 0.29) is 0 Å². The third-order valence-corrected chi connectivity index (χ3v) is 4.08. The van der Waals surface area contributed by atoms with Crippen LogP contribution in [0.1, 0.15) is 25.2 Å². The Kier molecular flexibility index (Phi) is 4.25. The van der Waals surface area contributed by atoms with E-state index in [0.29, 0.717) is 11.8 Å². The van der Waals surface area contributed by atoms with E-state index in [2.05, 4.69) is 60.9 Å². The first-order chi connectivity index (χ1) is 9.02. The van der Waals surface area contributed by atoms with Gasteiger partial charge in [-0.15, -0.1) is 0 Å². The van der Waals surface area contributed by atoms with Crippen LogP contribution in [0.3, 0.4) is 0 Å². The summed E-state index contributed by atoms with van der Waals surface area (Å²) in [5.41, 5.74) is 3.72. The van der Waals surface area contributed by atoms with Gasteiger partial charge in [-0.3, -0.25) is 0 Å². The molecule has 104 valence electrons. The summed E-state index contributed by atoms with van der Waals surface area (Å²) in [6, 6.07) is 6.68. The molecule has 1 aromatic carbocycles. The topological polar surface area (TPSA) is 29.9 Å². The molecule has 2 aromatic rings. The van der Waals surface area contributed by atoms with Crippen LogP contribution in [0.5, 0.6) is 0 Å². The Balaban J connectivity index is 2.25. The number of fused-ring (bicyclic) bond motifs is 1. The maximum Gasteiger partial charge on any atom is 0.106 e. The van der Waals surface area contributed by atoms with Crippen molar-refractivity contribution in [3.05, 3.63) is 29.6 Å². The smallest absolute Gasteiger partial charge is 0.106 e. The Morgan fingerprint density at radius 2 is 2.05 bits per heavy atom. The van der Waals surface area contributed by atoms with Crippen molar-refractivity contribution in [2.45, 2.75) is 27.2 Å². The van der Waals surface area contributed by atoms with Gasteiger partial charge in [0.2, 0.25) is 0 Å². The van der Waals surface area contributed by atoms with E-state index in [9.17, 15) is 0 Å². The molecule has 0 bridgehead atoms. The molecule has 1 unspecified atom stereocenters. The molecule has 1 heterocycles. The second-order valence-corrected chi connectivity index (χ2v) is 5.81. The van der Waals surface area contributed by atoms with Crippen molar-refractivity contribution < 1.29 is 0 Å². The predicted octanol–water partition coefficient (Wildman–Crippen LogP) is 2.92. The first-order valence-electron chi connectivity index (χ1n) is 7.09. The summed E-state index contributed by atoms with van der Waals surface area (Å²) in [7, 11) is 4.10. The van der Waals surface area contributed by atoms with Gasteiger partial charge in [0.25, 0.3) is 0 Å². The van der Waals surface area contributed by atoms with Gasteiger partial charge in [0, 0.05) is 7.05 Å². The van der Waals surface area contributed by atoms with Gasteiger partial charge >= 0.3 is 0 Å². The van der Waals surface area contributed by atoms with Gasteiger partial charge in [0.1, 0.15) is 5.82 Å². The number of aromatic nitrogens is 2. The zero-order valence-electron chi connectivity index (χ0n) is 12.7.